The van der Waals surface area contributed by atoms with Gasteiger partial charge in [0.25, 0.3) is 0 Å². The molecular formula is C11H11ClFN3O. The van der Waals surface area contributed by atoms with Gasteiger partial charge in [-0.1, -0.05) is 17.2 Å². The summed E-state index contributed by atoms with van der Waals surface area (Å²) in [5.74, 6) is 0.336. The Bertz CT molecular complexity index is 489. The predicted octanol–water partition coefficient (Wildman–Crippen LogP) is 2.60. The Labute approximate surface area is 103 Å². The lowest BCUT2D eigenvalue weighted by atomic mass is 10.1. The van der Waals surface area contributed by atoms with Crippen molar-refractivity contribution < 1.29 is 8.81 Å². The first-order chi connectivity index (χ1) is 8.28. The highest BCUT2D eigenvalue weighted by Crippen LogP contribution is 2.08. The minimum absolute atomic E-state index is 0.193. The largest absolute Gasteiger partial charge is 0.407 e. The maximum Gasteiger partial charge on any atom is 0.315 e. The molecule has 6 heteroatoms. The molecule has 0 unspecified atom stereocenters. The van der Waals surface area contributed by atoms with Gasteiger partial charge in [0, 0.05) is 6.54 Å². The van der Waals surface area contributed by atoms with Crippen LogP contribution < -0.4 is 5.32 Å². The highest BCUT2D eigenvalue weighted by molar-refractivity contribution is 6.16. The number of aromatic nitrogens is 2. The van der Waals surface area contributed by atoms with E-state index in [1.165, 1.54) is 12.1 Å². The quantitative estimate of drug-likeness (QED) is 0.835. The molecule has 0 bridgehead atoms. The second-order valence-corrected chi connectivity index (χ2v) is 3.71. The smallest absolute Gasteiger partial charge is 0.315 e. The normalized spacial score (nSPS) is 10.5. The highest BCUT2D eigenvalue weighted by atomic mass is 35.5. The summed E-state index contributed by atoms with van der Waals surface area (Å²) in [6.07, 6.45) is 0.677. The van der Waals surface area contributed by atoms with Crippen molar-refractivity contribution >= 4 is 17.6 Å². The fraction of sp³-hybridized carbons (Fsp3) is 0.273. The minimum atomic E-state index is -0.232. The van der Waals surface area contributed by atoms with Crippen molar-refractivity contribution in [2.45, 2.75) is 12.3 Å². The third-order valence-electron chi connectivity index (χ3n) is 2.16. The van der Waals surface area contributed by atoms with Gasteiger partial charge in [0.15, 0.2) is 0 Å². The van der Waals surface area contributed by atoms with Gasteiger partial charge in [-0.2, -0.15) is 0 Å². The summed E-state index contributed by atoms with van der Waals surface area (Å²) in [7, 11) is 0. The molecule has 0 fully saturated rings. The number of halogens is 2. The Morgan fingerprint density at radius 2 is 2.24 bits per heavy atom. The number of hydrogen-bond donors (Lipinski definition) is 1. The molecule has 1 heterocycles. The monoisotopic (exact) mass is 255 g/mol. The summed E-state index contributed by atoms with van der Waals surface area (Å²) in [6, 6.07) is 6.80. The van der Waals surface area contributed by atoms with E-state index < -0.39 is 0 Å². The van der Waals surface area contributed by atoms with E-state index in [4.69, 9.17) is 16.0 Å². The fourth-order valence-corrected chi connectivity index (χ4v) is 1.49. The van der Waals surface area contributed by atoms with Crippen molar-refractivity contribution in [3.63, 3.8) is 0 Å². The van der Waals surface area contributed by atoms with Crippen LogP contribution in [0.1, 0.15) is 11.5 Å². The molecule has 0 saturated heterocycles. The van der Waals surface area contributed by atoms with E-state index in [2.05, 4.69) is 15.5 Å². The third kappa shape index (κ3) is 3.42. The summed E-state index contributed by atoms with van der Waals surface area (Å²) in [6.45, 7) is 0.591. The Morgan fingerprint density at radius 1 is 1.35 bits per heavy atom. The molecule has 0 amide bonds. The van der Waals surface area contributed by atoms with Crippen LogP contribution >= 0.6 is 11.6 Å². The van der Waals surface area contributed by atoms with Crippen LogP contribution in [0.25, 0.3) is 0 Å². The number of benzene rings is 1. The van der Waals surface area contributed by atoms with Crippen molar-refractivity contribution in [3.8, 4) is 0 Å². The highest BCUT2D eigenvalue weighted by Gasteiger charge is 2.03. The van der Waals surface area contributed by atoms with E-state index >= 15 is 0 Å². The minimum Gasteiger partial charge on any atom is -0.407 e. The topological polar surface area (TPSA) is 51.0 Å². The van der Waals surface area contributed by atoms with E-state index in [0.717, 1.165) is 5.56 Å². The van der Waals surface area contributed by atoms with Gasteiger partial charge in [-0.25, -0.2) is 4.39 Å². The molecule has 0 aliphatic rings. The van der Waals surface area contributed by atoms with Gasteiger partial charge in [-0.05, 0) is 24.1 Å². The zero-order valence-corrected chi connectivity index (χ0v) is 9.75. The lowest BCUT2D eigenvalue weighted by molar-refractivity contribution is 0.525. The summed E-state index contributed by atoms with van der Waals surface area (Å²) in [5.41, 5.74) is 0.912. The Morgan fingerprint density at radius 3 is 2.94 bits per heavy atom. The number of nitrogens with one attached hydrogen (secondary N) is 1. The van der Waals surface area contributed by atoms with Gasteiger partial charge in [0.1, 0.15) is 11.7 Å². The van der Waals surface area contributed by atoms with E-state index in [0.29, 0.717) is 24.9 Å². The molecule has 17 heavy (non-hydrogen) atoms. The predicted molar refractivity (Wildman–Crippen MR) is 62.4 cm³/mol. The van der Waals surface area contributed by atoms with Gasteiger partial charge in [-0.3, -0.25) is 0 Å². The molecule has 0 radical (unpaired) electrons. The van der Waals surface area contributed by atoms with Crippen LogP contribution in [-0.4, -0.2) is 16.7 Å². The van der Waals surface area contributed by atoms with Gasteiger partial charge >= 0.3 is 6.01 Å². The molecule has 0 atom stereocenters. The molecular weight excluding hydrogens is 245 g/mol. The molecule has 0 aliphatic carbocycles. The van der Waals surface area contributed by atoms with E-state index in [1.54, 1.807) is 6.07 Å². The van der Waals surface area contributed by atoms with Gasteiger partial charge < -0.3 is 9.73 Å². The molecule has 1 aromatic heterocycles. The molecule has 0 saturated carbocycles. The van der Waals surface area contributed by atoms with Crippen LogP contribution in [0.5, 0.6) is 0 Å². The lowest BCUT2D eigenvalue weighted by Crippen LogP contribution is -2.05. The fourth-order valence-electron chi connectivity index (χ4n) is 1.39. The maximum atomic E-state index is 12.9. The summed E-state index contributed by atoms with van der Waals surface area (Å²) < 4.78 is 18.0. The van der Waals surface area contributed by atoms with E-state index in [-0.39, 0.29) is 11.7 Å². The Hall–Kier alpha value is -1.62. The second kappa shape index (κ2) is 5.63. The van der Waals surface area contributed by atoms with Crippen molar-refractivity contribution in [2.24, 2.45) is 0 Å². The lowest BCUT2D eigenvalue weighted by Gasteiger charge is -2.01. The molecule has 1 aromatic carbocycles. The molecule has 0 aliphatic heterocycles. The molecule has 1 N–H and O–H groups in total. The third-order valence-corrected chi connectivity index (χ3v) is 2.39. The van der Waals surface area contributed by atoms with Crippen molar-refractivity contribution in [3.05, 3.63) is 41.5 Å². The maximum absolute atomic E-state index is 12.9. The molecule has 0 spiro atoms. The van der Waals surface area contributed by atoms with Crippen molar-refractivity contribution in [1.29, 1.82) is 0 Å². The summed E-state index contributed by atoms with van der Waals surface area (Å²) in [4.78, 5) is 0. The van der Waals surface area contributed by atoms with Crippen LogP contribution in [0.4, 0.5) is 10.4 Å². The molecule has 2 aromatic rings. The van der Waals surface area contributed by atoms with Crippen LogP contribution in [-0.2, 0) is 12.3 Å². The average molecular weight is 256 g/mol. The SMILES string of the molecule is Fc1cccc(CCNc2nnc(CCl)o2)c1. The molecule has 2 rings (SSSR count). The standard InChI is InChI=1S/C11H11ClFN3O/c12-7-10-15-16-11(17-10)14-5-4-8-2-1-3-9(13)6-8/h1-3,6H,4-5,7H2,(H,14,16). The Kier molecular flexibility index (Phi) is 3.93. The number of rotatable bonds is 5. The van der Waals surface area contributed by atoms with Crippen molar-refractivity contribution in [1.82, 2.24) is 10.2 Å². The van der Waals surface area contributed by atoms with E-state index in [9.17, 15) is 4.39 Å². The van der Waals surface area contributed by atoms with Gasteiger partial charge in [0.2, 0.25) is 5.89 Å². The number of alkyl halides is 1. The van der Waals surface area contributed by atoms with Gasteiger partial charge in [-0.15, -0.1) is 16.7 Å². The number of nitrogens with zero attached hydrogens (tertiary/aromatic N) is 2. The first kappa shape index (κ1) is 11.9. The number of hydrogen-bond acceptors (Lipinski definition) is 4. The zero-order chi connectivity index (χ0) is 12.1. The average Bonchev–Trinajstić information content (AvgIpc) is 2.77. The second-order valence-electron chi connectivity index (χ2n) is 3.44. The van der Waals surface area contributed by atoms with Crippen LogP contribution in [0.15, 0.2) is 28.7 Å². The Balaban J connectivity index is 1.83. The zero-order valence-electron chi connectivity index (χ0n) is 8.99. The summed E-state index contributed by atoms with van der Waals surface area (Å²) in [5, 5.41) is 10.4. The summed E-state index contributed by atoms with van der Waals surface area (Å²) >= 11 is 5.52. The molecule has 90 valence electrons. The van der Waals surface area contributed by atoms with Crippen molar-refractivity contribution in [2.75, 3.05) is 11.9 Å². The first-order valence-corrected chi connectivity index (χ1v) is 5.68. The van der Waals surface area contributed by atoms with Crippen LogP contribution in [0.3, 0.4) is 0 Å². The molecule has 4 nitrogen and oxygen atoms in total. The van der Waals surface area contributed by atoms with Crippen LogP contribution in [0.2, 0.25) is 0 Å². The first-order valence-electron chi connectivity index (χ1n) is 5.14. The van der Waals surface area contributed by atoms with Gasteiger partial charge in [0.05, 0.1) is 0 Å². The van der Waals surface area contributed by atoms with Crippen LogP contribution in [0, 0.1) is 5.82 Å². The van der Waals surface area contributed by atoms with E-state index in [1.807, 2.05) is 6.07 Å². The number of anilines is 1.